The van der Waals surface area contributed by atoms with Gasteiger partial charge in [-0.25, -0.2) is 4.98 Å². The van der Waals surface area contributed by atoms with E-state index in [1.54, 1.807) is 12.3 Å². The first-order chi connectivity index (χ1) is 18.5. The zero-order valence-corrected chi connectivity index (χ0v) is 21.6. The predicted octanol–water partition coefficient (Wildman–Crippen LogP) is 4.44. The number of alkyl halides is 3. The van der Waals surface area contributed by atoms with Crippen molar-refractivity contribution in [3.8, 4) is 5.88 Å². The van der Waals surface area contributed by atoms with E-state index < -0.39 is 36.3 Å². The van der Waals surface area contributed by atoms with E-state index in [1.807, 2.05) is 37.3 Å². The molecule has 5 rings (SSSR count). The molecule has 1 N–H and O–H groups in total. The lowest BCUT2D eigenvalue weighted by molar-refractivity contribution is -0.250. The maximum absolute atomic E-state index is 13.9. The molecule has 1 amide bonds. The molecule has 11 heteroatoms. The minimum absolute atomic E-state index is 0.0136. The number of benzene rings is 1. The first-order valence-corrected chi connectivity index (χ1v) is 12.7. The van der Waals surface area contributed by atoms with Gasteiger partial charge in [0.05, 0.1) is 36.2 Å². The Balaban J connectivity index is 1.31. The van der Waals surface area contributed by atoms with Crippen LogP contribution in [0, 0.1) is 6.92 Å². The highest BCUT2D eigenvalue weighted by atomic mass is 19.4. The average Bonchev–Trinajstić information content (AvgIpc) is 3.33. The molecular weight excluding hydrogens is 513 g/mol. The Morgan fingerprint density at radius 1 is 1.21 bits per heavy atom. The number of rotatable bonds is 7. The fraction of sp³-hybridized carbons (Fsp3) is 0.429. The Morgan fingerprint density at radius 3 is 2.67 bits per heavy atom. The van der Waals surface area contributed by atoms with E-state index in [0.717, 1.165) is 21.5 Å². The second-order valence-electron chi connectivity index (χ2n) is 10.4. The van der Waals surface area contributed by atoms with Crippen molar-refractivity contribution in [2.45, 2.75) is 63.0 Å². The minimum atomic E-state index is -4.59. The van der Waals surface area contributed by atoms with Crippen LogP contribution in [0.1, 0.15) is 37.3 Å². The summed E-state index contributed by atoms with van der Waals surface area (Å²) in [5.41, 5.74) is 2.26. The average molecular weight is 543 g/mol. The Kier molecular flexibility index (Phi) is 6.96. The number of pyridine rings is 1. The molecule has 0 radical (unpaired) electrons. The molecule has 3 heterocycles. The van der Waals surface area contributed by atoms with Crippen LogP contribution in [0.25, 0.3) is 11.0 Å². The number of aromatic nitrogens is 3. The van der Waals surface area contributed by atoms with Crippen molar-refractivity contribution in [3.63, 3.8) is 0 Å². The lowest BCUT2D eigenvalue weighted by Crippen LogP contribution is -2.55. The molecule has 2 fully saturated rings. The Morgan fingerprint density at radius 2 is 1.95 bits per heavy atom. The number of carbonyl (C=O) groups excluding carboxylic acids is 2. The van der Waals surface area contributed by atoms with Gasteiger partial charge in [-0.05, 0) is 36.6 Å². The quantitative estimate of drug-likeness (QED) is 0.444. The number of aromatic amines is 1. The number of nitrogens with one attached hydrogen (secondary N) is 1. The van der Waals surface area contributed by atoms with Crippen molar-refractivity contribution in [2.75, 3.05) is 13.1 Å². The van der Waals surface area contributed by atoms with Gasteiger partial charge in [0.25, 0.3) is 0 Å². The van der Waals surface area contributed by atoms with Crippen molar-refractivity contribution < 1.29 is 32.2 Å². The zero-order valence-electron chi connectivity index (χ0n) is 21.6. The number of morpholine rings is 1. The Labute approximate surface area is 223 Å². The summed E-state index contributed by atoms with van der Waals surface area (Å²) in [6.45, 7) is 6.70. The number of halogens is 3. The van der Waals surface area contributed by atoms with Gasteiger partial charge < -0.3 is 14.4 Å². The van der Waals surface area contributed by atoms with Crippen LogP contribution in [0.5, 0.6) is 5.88 Å². The second kappa shape index (κ2) is 10.1. The van der Waals surface area contributed by atoms with E-state index in [0.29, 0.717) is 24.2 Å². The number of nitrogens with zero attached hydrogens (tertiary/aromatic N) is 3. The van der Waals surface area contributed by atoms with Gasteiger partial charge in [0.2, 0.25) is 11.8 Å². The van der Waals surface area contributed by atoms with Gasteiger partial charge in [0, 0.05) is 25.5 Å². The van der Waals surface area contributed by atoms with Crippen LogP contribution in [0.3, 0.4) is 0 Å². The van der Waals surface area contributed by atoms with Crippen LogP contribution in [-0.4, -0.2) is 69.3 Å². The van der Waals surface area contributed by atoms with E-state index >= 15 is 0 Å². The van der Waals surface area contributed by atoms with Crippen LogP contribution >= 0.6 is 0 Å². The van der Waals surface area contributed by atoms with E-state index in [9.17, 15) is 22.8 Å². The van der Waals surface area contributed by atoms with E-state index in [4.69, 9.17) is 9.47 Å². The smallest absolute Gasteiger partial charge is 0.416 e. The highest BCUT2D eigenvalue weighted by molar-refractivity contribution is 6.07. The van der Waals surface area contributed by atoms with E-state index in [-0.39, 0.29) is 30.4 Å². The third-order valence-electron chi connectivity index (χ3n) is 7.47. The molecule has 2 aliphatic rings. The standard InChI is InChI=1S/C28H29F3N4O4/c1-16-6-4-5-7-20(16)27(11-19(12-27)39-24-9-8-21-22(33-24)13-32-34-21)26(37)17(2)10-25(36)35-14-18(3)38-23(15-35)28(29,30)31/h4-9,13,18-19,23H,2,10-12,14-15H2,1,3H3,(H,32,34)/t18-,19?,23-,27?/m0/s1. The number of ether oxygens (including phenoxy) is 2. The number of hydrogen-bond donors (Lipinski definition) is 1. The summed E-state index contributed by atoms with van der Waals surface area (Å²) in [4.78, 5) is 32.4. The summed E-state index contributed by atoms with van der Waals surface area (Å²) in [7, 11) is 0. The molecule has 1 saturated heterocycles. The molecule has 0 unspecified atom stereocenters. The molecule has 1 saturated carbocycles. The number of carbonyl (C=O) groups is 2. The normalized spacial score (nSPS) is 25.3. The van der Waals surface area contributed by atoms with Crippen LogP contribution in [0.2, 0.25) is 0 Å². The van der Waals surface area contributed by atoms with Gasteiger partial charge >= 0.3 is 6.18 Å². The van der Waals surface area contributed by atoms with Gasteiger partial charge in [-0.2, -0.15) is 18.3 Å². The highest BCUT2D eigenvalue weighted by Crippen LogP contribution is 2.49. The monoisotopic (exact) mass is 542 g/mol. The summed E-state index contributed by atoms with van der Waals surface area (Å²) < 4.78 is 50.9. The Bertz CT molecular complexity index is 1410. The third-order valence-corrected chi connectivity index (χ3v) is 7.47. The van der Waals surface area contributed by atoms with Gasteiger partial charge in [-0.1, -0.05) is 30.8 Å². The molecule has 2 aromatic heterocycles. The summed E-state index contributed by atoms with van der Waals surface area (Å²) in [5, 5.41) is 6.79. The van der Waals surface area contributed by atoms with Crippen molar-refractivity contribution >= 4 is 22.7 Å². The molecule has 206 valence electrons. The molecule has 1 aromatic carbocycles. The molecule has 1 aliphatic heterocycles. The maximum atomic E-state index is 13.9. The first-order valence-electron chi connectivity index (χ1n) is 12.7. The molecule has 3 aromatic rings. The number of Topliss-reactive ketones (excluding diaryl/α,β-unsaturated/α-hetero) is 1. The molecule has 0 spiro atoms. The molecular formula is C28H29F3N4O4. The highest BCUT2D eigenvalue weighted by Gasteiger charge is 2.54. The summed E-state index contributed by atoms with van der Waals surface area (Å²) in [6.07, 6.45) is -5.82. The SMILES string of the molecule is C=C(CC(=O)N1C[C@@H](C(F)(F)F)O[C@@H](C)C1)C(=O)C1(c2ccccc2C)CC(Oc2ccc3[nH]ncc3n2)C1. The number of aryl methyl sites for hydroxylation is 1. The molecule has 39 heavy (non-hydrogen) atoms. The lowest BCUT2D eigenvalue weighted by Gasteiger charge is -2.47. The number of fused-ring (bicyclic) bond motifs is 1. The molecule has 1 aliphatic carbocycles. The van der Waals surface area contributed by atoms with Crippen LogP contribution in [0.15, 0.2) is 54.7 Å². The largest absolute Gasteiger partial charge is 0.474 e. The van der Waals surface area contributed by atoms with Gasteiger partial charge in [-0.15, -0.1) is 0 Å². The van der Waals surface area contributed by atoms with Crippen molar-refractivity contribution in [2.24, 2.45) is 0 Å². The van der Waals surface area contributed by atoms with Crippen molar-refractivity contribution in [3.05, 3.63) is 65.9 Å². The van der Waals surface area contributed by atoms with Gasteiger partial charge in [0.1, 0.15) is 11.6 Å². The Hall–Kier alpha value is -3.73. The molecule has 8 nitrogen and oxygen atoms in total. The van der Waals surface area contributed by atoms with Crippen LogP contribution in [-0.2, 0) is 19.7 Å². The van der Waals surface area contributed by atoms with Crippen molar-refractivity contribution in [1.29, 1.82) is 0 Å². The minimum Gasteiger partial charge on any atom is -0.474 e. The second-order valence-corrected chi connectivity index (χ2v) is 10.4. The van der Waals surface area contributed by atoms with Crippen LogP contribution < -0.4 is 4.74 Å². The van der Waals surface area contributed by atoms with Crippen LogP contribution in [0.4, 0.5) is 13.2 Å². The zero-order chi connectivity index (χ0) is 27.9. The van der Waals surface area contributed by atoms with E-state index in [1.165, 1.54) is 6.92 Å². The topological polar surface area (TPSA) is 97.4 Å². The van der Waals surface area contributed by atoms with Gasteiger partial charge in [0.15, 0.2) is 11.9 Å². The number of H-pyrrole nitrogens is 1. The summed E-state index contributed by atoms with van der Waals surface area (Å²) in [5.74, 6) is -0.478. The third kappa shape index (κ3) is 5.27. The first kappa shape index (κ1) is 26.9. The number of hydrogen-bond acceptors (Lipinski definition) is 6. The lowest BCUT2D eigenvalue weighted by atomic mass is 9.58. The predicted molar refractivity (Wildman–Crippen MR) is 136 cm³/mol. The number of ketones is 1. The van der Waals surface area contributed by atoms with E-state index in [2.05, 4.69) is 21.8 Å². The van der Waals surface area contributed by atoms with Crippen molar-refractivity contribution in [1.82, 2.24) is 20.1 Å². The summed E-state index contributed by atoms with van der Waals surface area (Å²) in [6, 6.07) is 11.1. The maximum Gasteiger partial charge on any atom is 0.416 e. The number of amides is 1. The van der Waals surface area contributed by atoms with Gasteiger partial charge in [-0.3, -0.25) is 14.7 Å². The molecule has 0 bridgehead atoms. The summed E-state index contributed by atoms with van der Waals surface area (Å²) >= 11 is 0. The fourth-order valence-corrected chi connectivity index (χ4v) is 5.54. The molecule has 2 atom stereocenters. The fourth-order valence-electron chi connectivity index (χ4n) is 5.54.